The summed E-state index contributed by atoms with van der Waals surface area (Å²) in [6, 6.07) is 24.0. The van der Waals surface area contributed by atoms with Gasteiger partial charge in [0.2, 0.25) is 17.1 Å². The van der Waals surface area contributed by atoms with Gasteiger partial charge in [0.15, 0.2) is 5.16 Å². The summed E-state index contributed by atoms with van der Waals surface area (Å²) < 4.78 is 0. The van der Waals surface area contributed by atoms with Gasteiger partial charge in [0, 0.05) is 11.4 Å². The summed E-state index contributed by atoms with van der Waals surface area (Å²) >= 11 is 1.36. The number of rotatable bonds is 6. The summed E-state index contributed by atoms with van der Waals surface area (Å²) in [5.74, 6) is 0.924. The third-order valence-electron chi connectivity index (χ3n) is 4.95. The molecule has 0 aliphatic carbocycles. The van der Waals surface area contributed by atoms with Gasteiger partial charge >= 0.3 is 0 Å². The number of benzene rings is 3. The summed E-state index contributed by atoms with van der Waals surface area (Å²) in [6.45, 7) is 4.08. The molecule has 3 aromatic carbocycles. The van der Waals surface area contributed by atoms with E-state index in [9.17, 15) is 0 Å². The fourth-order valence-corrected chi connectivity index (χ4v) is 3.99. The van der Waals surface area contributed by atoms with Crippen LogP contribution in [0.2, 0.25) is 0 Å². The van der Waals surface area contributed by atoms with E-state index in [-0.39, 0.29) is 0 Å². The third kappa shape index (κ3) is 4.40. The van der Waals surface area contributed by atoms with E-state index >= 15 is 0 Å². The smallest absolute Gasteiger partial charge is 0.233 e. The number of nitrogens with one attached hydrogen (secondary N) is 3. The average molecular weight is 440 g/mol. The molecule has 32 heavy (non-hydrogen) atoms. The van der Waals surface area contributed by atoms with Crippen molar-refractivity contribution in [2.75, 3.05) is 10.6 Å². The highest BCUT2D eigenvalue weighted by Gasteiger charge is 2.13. The topological polar surface area (TPSA) is 91.4 Å². The number of anilines is 4. The highest BCUT2D eigenvalue weighted by Crippen LogP contribution is 2.28. The molecule has 0 aliphatic rings. The lowest BCUT2D eigenvalue weighted by atomic mass is 10.2. The van der Waals surface area contributed by atoms with Gasteiger partial charge in [-0.25, -0.2) is 4.98 Å². The molecule has 2 heterocycles. The number of nitrogens with zero attached hydrogens (tertiary/aromatic N) is 4. The molecule has 158 valence electrons. The fourth-order valence-electron chi connectivity index (χ4n) is 3.25. The number of fused-ring (bicyclic) bond motifs is 1. The Morgan fingerprint density at radius 1 is 0.656 bits per heavy atom. The first-order valence-corrected chi connectivity index (χ1v) is 11.0. The monoisotopic (exact) mass is 439 g/mol. The summed E-state index contributed by atoms with van der Waals surface area (Å²) in [5, 5.41) is 7.90. The lowest BCUT2D eigenvalue weighted by Gasteiger charge is -2.12. The van der Waals surface area contributed by atoms with Crippen molar-refractivity contribution >= 4 is 46.1 Å². The molecule has 0 spiro atoms. The van der Waals surface area contributed by atoms with Crippen molar-refractivity contribution in [1.29, 1.82) is 0 Å². The Morgan fingerprint density at radius 3 is 1.81 bits per heavy atom. The molecule has 0 unspecified atom stereocenters. The first kappa shape index (κ1) is 20.0. The van der Waals surface area contributed by atoms with Crippen LogP contribution >= 0.6 is 11.8 Å². The van der Waals surface area contributed by atoms with Crippen molar-refractivity contribution in [2.24, 2.45) is 0 Å². The number of aromatic amines is 1. The molecule has 7 nitrogen and oxygen atoms in total. The van der Waals surface area contributed by atoms with Crippen LogP contribution in [0.1, 0.15) is 11.1 Å². The Hall–Kier alpha value is -3.91. The number of hydrogen-bond acceptors (Lipinski definition) is 7. The van der Waals surface area contributed by atoms with Gasteiger partial charge in [-0.15, -0.1) is 0 Å². The zero-order valence-corrected chi connectivity index (χ0v) is 18.4. The van der Waals surface area contributed by atoms with Crippen LogP contribution in [0.5, 0.6) is 0 Å². The van der Waals surface area contributed by atoms with Gasteiger partial charge in [0.1, 0.15) is 0 Å². The molecule has 5 rings (SSSR count). The number of aromatic nitrogens is 5. The molecule has 8 heteroatoms. The first-order chi connectivity index (χ1) is 15.6. The van der Waals surface area contributed by atoms with Crippen LogP contribution in [-0.4, -0.2) is 24.9 Å². The van der Waals surface area contributed by atoms with E-state index < -0.39 is 0 Å². The lowest BCUT2D eigenvalue weighted by molar-refractivity contribution is 0.912. The standard InChI is InChI=1S/C24H21N7S/c1-15-9-3-5-11-17(15)25-21-29-22(26-18-12-6-4-10-16(18)2)31-24(30-21)32-23-27-19-13-7-8-14-20(19)28-23/h3-14H,1-2H3,(H,27,28)(H2,25,26,29,30,31). The maximum Gasteiger partial charge on any atom is 0.233 e. The van der Waals surface area contributed by atoms with Gasteiger partial charge in [0.05, 0.1) is 11.0 Å². The normalized spacial score (nSPS) is 10.9. The molecule has 0 bridgehead atoms. The van der Waals surface area contributed by atoms with E-state index in [0.717, 1.165) is 38.7 Å². The first-order valence-electron chi connectivity index (χ1n) is 10.2. The van der Waals surface area contributed by atoms with Crippen molar-refractivity contribution in [3.8, 4) is 0 Å². The highest BCUT2D eigenvalue weighted by atomic mass is 32.2. The lowest BCUT2D eigenvalue weighted by Crippen LogP contribution is -2.06. The van der Waals surface area contributed by atoms with Crippen LogP contribution in [0.25, 0.3) is 11.0 Å². The summed E-state index contributed by atoms with van der Waals surface area (Å²) in [7, 11) is 0. The van der Waals surface area contributed by atoms with Crippen LogP contribution in [0.4, 0.5) is 23.3 Å². The van der Waals surface area contributed by atoms with Crippen molar-refractivity contribution in [3.63, 3.8) is 0 Å². The number of hydrogen-bond donors (Lipinski definition) is 3. The largest absolute Gasteiger partial charge is 0.333 e. The minimum Gasteiger partial charge on any atom is -0.333 e. The Morgan fingerprint density at radius 2 is 1.22 bits per heavy atom. The van der Waals surface area contributed by atoms with Crippen LogP contribution in [-0.2, 0) is 0 Å². The van der Waals surface area contributed by atoms with E-state index in [4.69, 9.17) is 0 Å². The zero-order chi connectivity index (χ0) is 21.9. The number of para-hydroxylation sites is 4. The fraction of sp³-hybridized carbons (Fsp3) is 0.0833. The molecule has 0 saturated heterocycles. The van der Waals surface area contributed by atoms with E-state index in [0.29, 0.717) is 17.1 Å². The van der Waals surface area contributed by atoms with Crippen LogP contribution < -0.4 is 10.6 Å². The molecule has 2 aromatic heterocycles. The van der Waals surface area contributed by atoms with Crippen molar-refractivity contribution in [1.82, 2.24) is 24.9 Å². The number of imidazole rings is 1. The second-order valence-corrected chi connectivity index (χ2v) is 8.26. The maximum atomic E-state index is 4.63. The Labute approximate surface area is 189 Å². The van der Waals surface area contributed by atoms with Crippen molar-refractivity contribution in [2.45, 2.75) is 24.2 Å². The molecule has 5 aromatic rings. The number of aryl methyl sites for hydroxylation is 2. The van der Waals surface area contributed by atoms with Gasteiger partial charge in [0.25, 0.3) is 0 Å². The van der Waals surface area contributed by atoms with Gasteiger partial charge in [-0.1, -0.05) is 48.5 Å². The minimum absolute atomic E-state index is 0.462. The van der Waals surface area contributed by atoms with E-state index in [1.165, 1.54) is 11.8 Å². The zero-order valence-electron chi connectivity index (χ0n) is 17.6. The second-order valence-electron chi connectivity index (χ2n) is 7.31. The van der Waals surface area contributed by atoms with E-state index in [1.807, 2.05) is 86.6 Å². The summed E-state index contributed by atoms with van der Waals surface area (Å²) in [4.78, 5) is 21.8. The summed E-state index contributed by atoms with van der Waals surface area (Å²) in [5.41, 5.74) is 5.97. The van der Waals surface area contributed by atoms with Crippen LogP contribution in [0.15, 0.2) is 83.1 Å². The SMILES string of the molecule is Cc1ccccc1Nc1nc(Nc2ccccc2C)nc(Sc2nc3ccccc3[nH]2)n1. The third-order valence-corrected chi connectivity index (χ3v) is 5.71. The quantitative estimate of drug-likeness (QED) is 0.299. The molecule has 0 aliphatic heterocycles. The van der Waals surface area contributed by atoms with Gasteiger partial charge < -0.3 is 15.6 Å². The highest BCUT2D eigenvalue weighted by molar-refractivity contribution is 7.99. The van der Waals surface area contributed by atoms with Crippen LogP contribution in [0.3, 0.4) is 0 Å². The van der Waals surface area contributed by atoms with Gasteiger partial charge in [-0.05, 0) is 61.0 Å². The van der Waals surface area contributed by atoms with Crippen LogP contribution in [0, 0.1) is 13.8 Å². The second kappa shape index (κ2) is 8.68. The van der Waals surface area contributed by atoms with Gasteiger partial charge in [-0.2, -0.15) is 15.0 Å². The predicted octanol–water partition coefficient (Wildman–Crippen LogP) is 6.00. The van der Waals surface area contributed by atoms with Crippen molar-refractivity contribution in [3.05, 3.63) is 83.9 Å². The molecular formula is C24H21N7S. The predicted molar refractivity (Wildman–Crippen MR) is 129 cm³/mol. The molecule has 0 fully saturated rings. The molecule has 0 atom stereocenters. The Bertz CT molecular complexity index is 1300. The average Bonchev–Trinajstić information content (AvgIpc) is 3.19. The molecule has 3 N–H and O–H groups in total. The van der Waals surface area contributed by atoms with Gasteiger partial charge in [-0.3, -0.25) is 0 Å². The van der Waals surface area contributed by atoms with Crippen molar-refractivity contribution < 1.29 is 0 Å². The van der Waals surface area contributed by atoms with E-state index in [2.05, 4.69) is 35.6 Å². The molecule has 0 amide bonds. The minimum atomic E-state index is 0.462. The van der Waals surface area contributed by atoms with E-state index in [1.54, 1.807) is 0 Å². The number of H-pyrrole nitrogens is 1. The Balaban J connectivity index is 1.50. The molecule has 0 saturated carbocycles. The summed E-state index contributed by atoms with van der Waals surface area (Å²) in [6.07, 6.45) is 0. The molecular weight excluding hydrogens is 418 g/mol. The Kier molecular flexibility index (Phi) is 5.43. The maximum absolute atomic E-state index is 4.63. The molecule has 0 radical (unpaired) electrons.